The summed E-state index contributed by atoms with van der Waals surface area (Å²) in [6.07, 6.45) is 1.65. The zero-order valence-electron chi connectivity index (χ0n) is 14.6. The lowest BCUT2D eigenvalue weighted by Crippen LogP contribution is -2.51. The van der Waals surface area contributed by atoms with Crippen LogP contribution in [0.25, 0.3) is 11.1 Å². The topological polar surface area (TPSA) is 66.7 Å². The lowest BCUT2D eigenvalue weighted by atomic mass is 10.1. The van der Waals surface area contributed by atoms with Crippen molar-refractivity contribution in [3.8, 4) is 0 Å². The van der Waals surface area contributed by atoms with Crippen LogP contribution in [0.15, 0.2) is 53.3 Å². The Balaban J connectivity index is 1.35. The minimum absolute atomic E-state index is 0.00622. The Bertz CT molecular complexity index is 993. The van der Waals surface area contributed by atoms with E-state index in [1.165, 1.54) is 24.6 Å². The summed E-state index contributed by atoms with van der Waals surface area (Å²) in [7, 11) is 0. The molecule has 0 unspecified atom stereocenters. The van der Waals surface area contributed by atoms with Crippen molar-refractivity contribution in [3.05, 3.63) is 65.8 Å². The molecule has 2 aromatic carbocycles. The fourth-order valence-corrected chi connectivity index (χ4v) is 3.26. The summed E-state index contributed by atoms with van der Waals surface area (Å²) < 4.78 is 18.6. The van der Waals surface area contributed by atoms with Gasteiger partial charge in [0.2, 0.25) is 5.91 Å². The highest BCUT2D eigenvalue weighted by atomic mass is 19.1. The number of fused-ring (bicyclic) bond motifs is 1. The molecule has 6 nitrogen and oxygen atoms in total. The molecule has 0 N–H and O–H groups in total. The van der Waals surface area contributed by atoms with Gasteiger partial charge in [0.1, 0.15) is 11.3 Å². The highest BCUT2D eigenvalue weighted by molar-refractivity contribution is 5.94. The number of carbonyl (C=O) groups excluding carboxylic acids is 2. The van der Waals surface area contributed by atoms with Gasteiger partial charge in [-0.2, -0.15) is 0 Å². The lowest BCUT2D eigenvalue weighted by molar-refractivity contribution is -0.131. The summed E-state index contributed by atoms with van der Waals surface area (Å²) in [5.41, 5.74) is 2.61. The van der Waals surface area contributed by atoms with Gasteiger partial charge in [-0.25, -0.2) is 9.37 Å². The minimum Gasteiger partial charge on any atom is -0.443 e. The maximum absolute atomic E-state index is 13.3. The van der Waals surface area contributed by atoms with Crippen LogP contribution in [0.1, 0.15) is 15.9 Å². The van der Waals surface area contributed by atoms with Crippen molar-refractivity contribution in [2.24, 2.45) is 0 Å². The summed E-state index contributed by atoms with van der Waals surface area (Å²) in [5.74, 6) is -0.637. The van der Waals surface area contributed by atoms with Crippen molar-refractivity contribution in [2.45, 2.75) is 6.42 Å². The predicted octanol–water partition coefficient (Wildman–Crippen LogP) is 2.49. The van der Waals surface area contributed by atoms with E-state index < -0.39 is 5.82 Å². The monoisotopic (exact) mass is 367 g/mol. The molecular formula is C20H18FN3O3. The second kappa shape index (κ2) is 7.19. The minimum atomic E-state index is -0.432. The zero-order valence-corrected chi connectivity index (χ0v) is 14.6. The van der Waals surface area contributed by atoms with Crippen LogP contribution in [-0.2, 0) is 11.2 Å². The van der Waals surface area contributed by atoms with Crippen molar-refractivity contribution >= 4 is 22.9 Å². The van der Waals surface area contributed by atoms with Gasteiger partial charge >= 0.3 is 0 Å². The van der Waals surface area contributed by atoms with E-state index in [1.807, 2.05) is 18.2 Å². The average Bonchev–Trinajstić information content (AvgIpc) is 3.15. The Morgan fingerprint density at radius 2 is 1.81 bits per heavy atom. The molecule has 1 fully saturated rings. The Kier molecular flexibility index (Phi) is 4.58. The molecule has 27 heavy (non-hydrogen) atoms. The molecule has 1 aliphatic heterocycles. The largest absolute Gasteiger partial charge is 0.443 e. The Morgan fingerprint density at radius 3 is 2.59 bits per heavy atom. The van der Waals surface area contributed by atoms with E-state index in [1.54, 1.807) is 15.9 Å². The standard InChI is InChI=1S/C20H18FN3O3/c21-16-3-1-2-15(12-16)20(26)24-8-6-23(7-9-24)19(25)11-14-4-5-17-18(10-14)27-13-22-17/h1-5,10,12-13H,6-9,11H2. The van der Waals surface area contributed by atoms with Gasteiger partial charge in [-0.1, -0.05) is 12.1 Å². The molecule has 1 aromatic heterocycles. The quantitative estimate of drug-likeness (QED) is 0.713. The molecule has 0 bridgehead atoms. The first kappa shape index (κ1) is 17.2. The average molecular weight is 367 g/mol. The number of hydrogen-bond donors (Lipinski definition) is 0. The second-order valence-corrected chi connectivity index (χ2v) is 6.51. The second-order valence-electron chi connectivity index (χ2n) is 6.51. The number of benzene rings is 2. The van der Waals surface area contributed by atoms with Gasteiger partial charge in [-0.05, 0) is 35.9 Å². The van der Waals surface area contributed by atoms with Crippen LogP contribution >= 0.6 is 0 Å². The third kappa shape index (κ3) is 3.67. The number of nitrogens with zero attached hydrogens (tertiary/aromatic N) is 3. The maximum atomic E-state index is 13.3. The van der Waals surface area contributed by atoms with E-state index >= 15 is 0 Å². The number of halogens is 1. The summed E-state index contributed by atoms with van der Waals surface area (Å²) in [6, 6.07) is 11.2. The lowest BCUT2D eigenvalue weighted by Gasteiger charge is -2.35. The number of oxazole rings is 1. The maximum Gasteiger partial charge on any atom is 0.254 e. The fraction of sp³-hybridized carbons (Fsp3) is 0.250. The molecule has 0 aliphatic carbocycles. The molecule has 3 aromatic rings. The molecule has 0 saturated carbocycles. The van der Waals surface area contributed by atoms with Crippen LogP contribution in [0.4, 0.5) is 4.39 Å². The summed E-state index contributed by atoms with van der Waals surface area (Å²) in [4.78, 5) is 32.5. The molecule has 0 spiro atoms. The van der Waals surface area contributed by atoms with E-state index in [2.05, 4.69) is 4.98 Å². The molecule has 0 atom stereocenters. The molecule has 0 radical (unpaired) electrons. The van der Waals surface area contributed by atoms with Gasteiger partial charge in [0.05, 0.1) is 6.42 Å². The molecular weight excluding hydrogens is 349 g/mol. The number of aromatic nitrogens is 1. The SMILES string of the molecule is O=C(Cc1ccc2ncoc2c1)N1CCN(C(=O)c2cccc(F)c2)CC1. The van der Waals surface area contributed by atoms with Gasteiger partial charge in [0, 0.05) is 31.7 Å². The van der Waals surface area contributed by atoms with Crippen molar-refractivity contribution in [1.82, 2.24) is 14.8 Å². The van der Waals surface area contributed by atoms with Crippen LogP contribution < -0.4 is 0 Å². The smallest absolute Gasteiger partial charge is 0.254 e. The number of piperazine rings is 1. The van der Waals surface area contributed by atoms with Crippen molar-refractivity contribution < 1.29 is 18.4 Å². The van der Waals surface area contributed by atoms with Gasteiger partial charge in [-0.15, -0.1) is 0 Å². The Morgan fingerprint density at radius 1 is 1.04 bits per heavy atom. The molecule has 1 saturated heterocycles. The van der Waals surface area contributed by atoms with E-state index in [9.17, 15) is 14.0 Å². The van der Waals surface area contributed by atoms with Crippen molar-refractivity contribution in [2.75, 3.05) is 26.2 Å². The molecule has 138 valence electrons. The van der Waals surface area contributed by atoms with Crippen molar-refractivity contribution in [1.29, 1.82) is 0 Å². The van der Waals surface area contributed by atoms with Crippen molar-refractivity contribution in [3.63, 3.8) is 0 Å². The third-order valence-electron chi connectivity index (χ3n) is 4.74. The first-order chi connectivity index (χ1) is 13.1. The summed E-state index contributed by atoms with van der Waals surface area (Å²) in [5, 5.41) is 0. The molecule has 4 rings (SSSR count). The molecule has 7 heteroatoms. The van der Waals surface area contributed by atoms with E-state index in [-0.39, 0.29) is 18.2 Å². The van der Waals surface area contributed by atoms with Crippen LogP contribution in [-0.4, -0.2) is 52.8 Å². The number of rotatable bonds is 3. The van der Waals surface area contributed by atoms with Gasteiger partial charge in [0.15, 0.2) is 12.0 Å². The molecule has 2 heterocycles. The predicted molar refractivity (Wildman–Crippen MR) is 96.6 cm³/mol. The molecule has 1 aliphatic rings. The first-order valence-corrected chi connectivity index (χ1v) is 8.75. The summed E-state index contributed by atoms with van der Waals surface area (Å²) >= 11 is 0. The normalized spacial score (nSPS) is 14.6. The number of amides is 2. The summed E-state index contributed by atoms with van der Waals surface area (Å²) in [6.45, 7) is 1.79. The Hall–Kier alpha value is -3.22. The highest BCUT2D eigenvalue weighted by Gasteiger charge is 2.25. The van der Waals surface area contributed by atoms with Crippen LogP contribution in [0.5, 0.6) is 0 Å². The van der Waals surface area contributed by atoms with Crippen LogP contribution in [0, 0.1) is 5.82 Å². The highest BCUT2D eigenvalue weighted by Crippen LogP contribution is 2.16. The van der Waals surface area contributed by atoms with E-state index in [0.717, 1.165) is 11.1 Å². The molecule has 2 amide bonds. The fourth-order valence-electron chi connectivity index (χ4n) is 3.26. The first-order valence-electron chi connectivity index (χ1n) is 8.75. The van der Waals surface area contributed by atoms with Gasteiger partial charge in [0.25, 0.3) is 5.91 Å². The number of hydrogen-bond acceptors (Lipinski definition) is 4. The Labute approximate surface area is 155 Å². The van der Waals surface area contributed by atoms with Crippen LogP contribution in [0.2, 0.25) is 0 Å². The van der Waals surface area contributed by atoms with Crippen LogP contribution in [0.3, 0.4) is 0 Å². The van der Waals surface area contributed by atoms with E-state index in [4.69, 9.17) is 4.42 Å². The van der Waals surface area contributed by atoms with Gasteiger partial charge < -0.3 is 14.2 Å². The number of carbonyl (C=O) groups is 2. The van der Waals surface area contributed by atoms with E-state index in [0.29, 0.717) is 37.3 Å². The zero-order chi connectivity index (χ0) is 18.8. The third-order valence-corrected chi connectivity index (χ3v) is 4.74. The van der Waals surface area contributed by atoms with Gasteiger partial charge in [-0.3, -0.25) is 9.59 Å².